The Morgan fingerprint density at radius 3 is 2.43 bits per heavy atom. The SMILES string of the molecule is CN(Cc1ccc(Cl)cc1Cl)C(=O)c1ccc(Cl)c([N+](=O)[O-])c1. The molecule has 0 aromatic heterocycles. The van der Waals surface area contributed by atoms with Crippen LogP contribution in [0.3, 0.4) is 0 Å². The van der Waals surface area contributed by atoms with Crippen LogP contribution in [0.25, 0.3) is 0 Å². The number of carbonyl (C=O) groups is 1. The lowest BCUT2D eigenvalue weighted by molar-refractivity contribution is -0.384. The first-order valence-electron chi connectivity index (χ1n) is 6.43. The minimum Gasteiger partial charge on any atom is -0.337 e. The summed E-state index contributed by atoms with van der Waals surface area (Å²) in [6.45, 7) is 0.241. The highest BCUT2D eigenvalue weighted by atomic mass is 35.5. The summed E-state index contributed by atoms with van der Waals surface area (Å²) < 4.78 is 0. The van der Waals surface area contributed by atoms with Gasteiger partial charge in [0.05, 0.1) is 4.92 Å². The number of hydrogen-bond acceptors (Lipinski definition) is 3. The van der Waals surface area contributed by atoms with E-state index in [9.17, 15) is 14.9 Å². The third kappa shape index (κ3) is 4.13. The molecule has 2 aromatic rings. The van der Waals surface area contributed by atoms with Crippen LogP contribution in [-0.2, 0) is 6.54 Å². The maximum absolute atomic E-state index is 12.4. The van der Waals surface area contributed by atoms with Crippen molar-refractivity contribution in [1.82, 2.24) is 4.90 Å². The van der Waals surface area contributed by atoms with Gasteiger partial charge in [-0.25, -0.2) is 0 Å². The second kappa shape index (κ2) is 7.17. The van der Waals surface area contributed by atoms with E-state index in [1.807, 2.05) is 0 Å². The molecule has 0 heterocycles. The Morgan fingerprint density at radius 1 is 1.13 bits per heavy atom. The molecule has 0 saturated carbocycles. The summed E-state index contributed by atoms with van der Waals surface area (Å²) in [6, 6.07) is 8.91. The van der Waals surface area contributed by atoms with Crippen molar-refractivity contribution in [2.24, 2.45) is 0 Å². The summed E-state index contributed by atoms with van der Waals surface area (Å²) in [7, 11) is 1.58. The molecular weight excluding hydrogens is 363 g/mol. The molecule has 2 aromatic carbocycles. The average Bonchev–Trinajstić information content (AvgIpc) is 2.49. The van der Waals surface area contributed by atoms with E-state index in [4.69, 9.17) is 34.8 Å². The topological polar surface area (TPSA) is 63.5 Å². The van der Waals surface area contributed by atoms with Crippen LogP contribution in [0.2, 0.25) is 15.1 Å². The maximum atomic E-state index is 12.4. The Kier molecular flexibility index (Phi) is 5.46. The summed E-state index contributed by atoms with van der Waals surface area (Å²) >= 11 is 17.7. The van der Waals surface area contributed by atoms with E-state index in [1.54, 1.807) is 25.2 Å². The number of nitro benzene ring substituents is 1. The van der Waals surface area contributed by atoms with Gasteiger partial charge in [-0.15, -0.1) is 0 Å². The number of halogens is 3. The van der Waals surface area contributed by atoms with Gasteiger partial charge < -0.3 is 4.90 Å². The van der Waals surface area contributed by atoms with Gasteiger partial charge in [-0.3, -0.25) is 14.9 Å². The molecule has 1 amide bonds. The largest absolute Gasteiger partial charge is 0.337 e. The van der Waals surface area contributed by atoms with Crippen LogP contribution in [-0.4, -0.2) is 22.8 Å². The predicted octanol–water partition coefficient (Wildman–Crippen LogP) is 4.83. The molecule has 0 unspecified atom stereocenters. The molecule has 0 aliphatic heterocycles. The van der Waals surface area contributed by atoms with Gasteiger partial charge in [0.25, 0.3) is 11.6 Å². The highest BCUT2D eigenvalue weighted by Gasteiger charge is 2.19. The zero-order valence-corrected chi connectivity index (χ0v) is 14.2. The minimum atomic E-state index is -0.630. The number of amides is 1. The van der Waals surface area contributed by atoms with E-state index >= 15 is 0 Å². The van der Waals surface area contributed by atoms with Crippen molar-refractivity contribution in [3.05, 3.63) is 72.7 Å². The van der Waals surface area contributed by atoms with Gasteiger partial charge in [-0.1, -0.05) is 40.9 Å². The van der Waals surface area contributed by atoms with E-state index < -0.39 is 4.92 Å². The van der Waals surface area contributed by atoms with Gasteiger partial charge in [0.15, 0.2) is 0 Å². The molecule has 2 rings (SSSR count). The second-order valence-corrected chi connectivity index (χ2v) is 6.07. The molecule has 0 atom stereocenters. The number of nitro groups is 1. The Balaban J connectivity index is 2.23. The Labute approximate surface area is 147 Å². The molecule has 0 saturated heterocycles. The first kappa shape index (κ1) is 17.5. The fourth-order valence-electron chi connectivity index (χ4n) is 1.98. The standard InChI is InChI=1S/C15H11Cl3N2O3/c1-19(8-10-2-4-11(16)7-13(10)18)15(21)9-3-5-12(17)14(6-9)20(22)23/h2-7H,8H2,1H3. The first-order valence-corrected chi connectivity index (χ1v) is 7.56. The van der Waals surface area contributed by atoms with Crippen LogP contribution in [0.15, 0.2) is 36.4 Å². The smallest absolute Gasteiger partial charge is 0.288 e. The van der Waals surface area contributed by atoms with E-state index in [0.29, 0.717) is 10.0 Å². The summed E-state index contributed by atoms with van der Waals surface area (Å²) in [5, 5.41) is 11.8. The van der Waals surface area contributed by atoms with Crippen LogP contribution in [0.1, 0.15) is 15.9 Å². The molecule has 5 nitrogen and oxygen atoms in total. The van der Waals surface area contributed by atoms with Crippen molar-refractivity contribution in [1.29, 1.82) is 0 Å². The monoisotopic (exact) mass is 372 g/mol. The molecule has 0 aliphatic carbocycles. The molecular formula is C15H11Cl3N2O3. The van der Waals surface area contributed by atoms with Crippen molar-refractivity contribution in [3.63, 3.8) is 0 Å². The third-order valence-electron chi connectivity index (χ3n) is 3.16. The highest BCUT2D eigenvalue weighted by molar-refractivity contribution is 6.35. The third-order valence-corrected chi connectivity index (χ3v) is 4.07. The van der Waals surface area contributed by atoms with Crippen molar-refractivity contribution in [3.8, 4) is 0 Å². The lowest BCUT2D eigenvalue weighted by atomic mass is 10.1. The number of benzene rings is 2. The molecule has 0 radical (unpaired) electrons. The van der Waals surface area contributed by atoms with Crippen molar-refractivity contribution >= 4 is 46.4 Å². The van der Waals surface area contributed by atoms with E-state index in [2.05, 4.69) is 0 Å². The molecule has 120 valence electrons. The van der Waals surface area contributed by atoms with Gasteiger partial charge in [-0.05, 0) is 29.8 Å². The first-order chi connectivity index (χ1) is 10.8. The Bertz CT molecular complexity index is 781. The molecule has 23 heavy (non-hydrogen) atoms. The lowest BCUT2D eigenvalue weighted by Crippen LogP contribution is -2.26. The Morgan fingerprint density at radius 2 is 1.83 bits per heavy atom. The number of nitrogens with zero attached hydrogens (tertiary/aromatic N) is 2. The van der Waals surface area contributed by atoms with Crippen LogP contribution in [0.4, 0.5) is 5.69 Å². The number of hydrogen-bond donors (Lipinski definition) is 0. The van der Waals surface area contributed by atoms with Gasteiger partial charge in [0.1, 0.15) is 5.02 Å². The molecule has 8 heteroatoms. The molecule has 0 N–H and O–H groups in total. The fraction of sp³-hybridized carbons (Fsp3) is 0.133. The van der Waals surface area contributed by atoms with Crippen LogP contribution in [0.5, 0.6) is 0 Å². The van der Waals surface area contributed by atoms with Crippen LogP contribution < -0.4 is 0 Å². The quantitative estimate of drug-likeness (QED) is 0.569. The maximum Gasteiger partial charge on any atom is 0.288 e. The summed E-state index contributed by atoms with van der Waals surface area (Å²) in [5.74, 6) is -0.379. The summed E-state index contributed by atoms with van der Waals surface area (Å²) in [5.41, 5.74) is 0.583. The average molecular weight is 374 g/mol. The molecule has 0 fully saturated rings. The summed E-state index contributed by atoms with van der Waals surface area (Å²) in [4.78, 5) is 24.1. The van der Waals surface area contributed by atoms with Gasteiger partial charge in [-0.2, -0.15) is 0 Å². The number of carbonyl (C=O) groups excluding carboxylic acids is 1. The van der Waals surface area contributed by atoms with E-state index in [0.717, 1.165) is 11.6 Å². The molecule has 0 bridgehead atoms. The van der Waals surface area contributed by atoms with Crippen molar-refractivity contribution in [2.75, 3.05) is 7.05 Å². The minimum absolute atomic E-state index is 0.0186. The molecule has 0 aliphatic rings. The summed E-state index contributed by atoms with van der Waals surface area (Å²) in [6.07, 6.45) is 0. The van der Waals surface area contributed by atoms with E-state index in [-0.39, 0.29) is 28.7 Å². The predicted molar refractivity (Wildman–Crippen MR) is 90.4 cm³/mol. The normalized spacial score (nSPS) is 10.4. The van der Waals surface area contributed by atoms with Crippen molar-refractivity contribution in [2.45, 2.75) is 6.54 Å². The zero-order valence-electron chi connectivity index (χ0n) is 11.9. The van der Waals surface area contributed by atoms with Gasteiger partial charge in [0, 0.05) is 35.3 Å². The number of rotatable bonds is 4. The van der Waals surface area contributed by atoms with Crippen LogP contribution in [0, 0.1) is 10.1 Å². The highest BCUT2D eigenvalue weighted by Crippen LogP contribution is 2.26. The van der Waals surface area contributed by atoms with E-state index in [1.165, 1.54) is 17.0 Å². The van der Waals surface area contributed by atoms with Crippen LogP contribution >= 0.6 is 34.8 Å². The lowest BCUT2D eigenvalue weighted by Gasteiger charge is -2.18. The Hall–Kier alpha value is -1.82. The zero-order chi connectivity index (χ0) is 17.1. The van der Waals surface area contributed by atoms with Gasteiger partial charge >= 0.3 is 0 Å². The fourth-order valence-corrected chi connectivity index (χ4v) is 2.64. The van der Waals surface area contributed by atoms with Gasteiger partial charge in [0.2, 0.25) is 0 Å². The second-order valence-electron chi connectivity index (χ2n) is 4.82. The molecule has 0 spiro atoms. The van der Waals surface area contributed by atoms with Crippen molar-refractivity contribution < 1.29 is 9.72 Å².